The van der Waals surface area contributed by atoms with Crippen molar-refractivity contribution < 1.29 is 0 Å². The van der Waals surface area contributed by atoms with Gasteiger partial charge in [0, 0.05) is 12.6 Å². The predicted molar refractivity (Wildman–Crippen MR) is 47.5 cm³/mol. The molecule has 2 unspecified atom stereocenters. The number of piperidine rings is 1. The van der Waals surface area contributed by atoms with E-state index in [1.165, 1.54) is 19.5 Å². The van der Waals surface area contributed by atoms with E-state index < -0.39 is 0 Å². The molecular weight excluding hydrogens is 134 g/mol. The van der Waals surface area contributed by atoms with Gasteiger partial charge in [-0.2, -0.15) is 0 Å². The predicted octanol–water partition coefficient (Wildman–Crippen LogP) is 1.98. The van der Waals surface area contributed by atoms with Crippen molar-refractivity contribution in [3.63, 3.8) is 0 Å². The van der Waals surface area contributed by atoms with Gasteiger partial charge in [-0.3, -0.25) is 4.90 Å². The van der Waals surface area contributed by atoms with Crippen LogP contribution in [0.4, 0.5) is 0 Å². The Morgan fingerprint density at radius 2 is 2.18 bits per heavy atom. The number of fused-ring (bicyclic) bond motifs is 1. The normalized spacial score (nSPS) is 43.1. The fourth-order valence-electron chi connectivity index (χ4n) is 2.85. The zero-order chi connectivity index (χ0) is 8.01. The molecule has 0 amide bonds. The summed E-state index contributed by atoms with van der Waals surface area (Å²) in [5.74, 6) is 3.03. The summed E-state index contributed by atoms with van der Waals surface area (Å²) in [6.07, 6.45) is 1.53. The standard InChI is InChI=1S/C10H19N/c1-4-11-6-8-5-9(8)10(11)7(2)3/h7-10H,4-6H2,1-3H3/t8?,9?,10-/m1/s1. The van der Waals surface area contributed by atoms with E-state index in [-0.39, 0.29) is 0 Å². The van der Waals surface area contributed by atoms with Crippen LogP contribution >= 0.6 is 0 Å². The zero-order valence-electron chi connectivity index (χ0n) is 7.88. The third-order valence-electron chi connectivity index (χ3n) is 3.40. The maximum atomic E-state index is 2.67. The molecule has 2 aliphatic rings. The van der Waals surface area contributed by atoms with Crippen molar-refractivity contribution in [1.82, 2.24) is 4.90 Å². The van der Waals surface area contributed by atoms with E-state index in [4.69, 9.17) is 0 Å². The molecule has 1 nitrogen and oxygen atoms in total. The van der Waals surface area contributed by atoms with Crippen molar-refractivity contribution in [1.29, 1.82) is 0 Å². The fraction of sp³-hybridized carbons (Fsp3) is 1.00. The first-order chi connectivity index (χ1) is 5.24. The van der Waals surface area contributed by atoms with Crippen LogP contribution in [0.15, 0.2) is 0 Å². The minimum Gasteiger partial charge on any atom is -0.300 e. The minimum atomic E-state index is 0.868. The zero-order valence-corrected chi connectivity index (χ0v) is 7.88. The molecule has 1 saturated carbocycles. The first-order valence-electron chi connectivity index (χ1n) is 4.98. The molecular formula is C10H19N. The SMILES string of the molecule is CCN1CC2CC2[C@H]1C(C)C. The molecule has 0 aromatic heterocycles. The van der Waals surface area contributed by atoms with E-state index in [1.54, 1.807) is 0 Å². The summed E-state index contributed by atoms with van der Waals surface area (Å²) in [5.41, 5.74) is 0. The largest absolute Gasteiger partial charge is 0.300 e. The Morgan fingerprint density at radius 3 is 2.64 bits per heavy atom. The van der Waals surface area contributed by atoms with Gasteiger partial charge in [0.1, 0.15) is 0 Å². The highest BCUT2D eigenvalue weighted by Crippen LogP contribution is 2.51. The fourth-order valence-corrected chi connectivity index (χ4v) is 2.85. The first kappa shape index (κ1) is 7.60. The third kappa shape index (κ3) is 1.10. The highest BCUT2D eigenvalue weighted by Gasteiger charge is 2.52. The Kier molecular flexibility index (Phi) is 1.71. The van der Waals surface area contributed by atoms with Crippen molar-refractivity contribution in [2.45, 2.75) is 33.2 Å². The second-order valence-electron chi connectivity index (χ2n) is 4.48. The van der Waals surface area contributed by atoms with Gasteiger partial charge in [-0.1, -0.05) is 20.8 Å². The molecule has 1 aliphatic carbocycles. The third-order valence-corrected chi connectivity index (χ3v) is 3.40. The number of rotatable bonds is 2. The molecule has 64 valence electrons. The van der Waals surface area contributed by atoms with Crippen LogP contribution in [0.5, 0.6) is 0 Å². The second kappa shape index (κ2) is 2.48. The summed E-state index contributed by atoms with van der Waals surface area (Å²) < 4.78 is 0. The van der Waals surface area contributed by atoms with Crippen molar-refractivity contribution >= 4 is 0 Å². The van der Waals surface area contributed by atoms with E-state index in [2.05, 4.69) is 25.7 Å². The van der Waals surface area contributed by atoms with Crippen LogP contribution in [0, 0.1) is 17.8 Å². The van der Waals surface area contributed by atoms with E-state index in [0.29, 0.717) is 0 Å². The van der Waals surface area contributed by atoms with Gasteiger partial charge in [-0.15, -0.1) is 0 Å². The van der Waals surface area contributed by atoms with Gasteiger partial charge in [0.25, 0.3) is 0 Å². The highest BCUT2D eigenvalue weighted by molar-refractivity contribution is 5.04. The molecule has 3 atom stereocenters. The lowest BCUT2D eigenvalue weighted by molar-refractivity contribution is 0.184. The lowest BCUT2D eigenvalue weighted by Gasteiger charge is -2.28. The van der Waals surface area contributed by atoms with Gasteiger partial charge in [0.15, 0.2) is 0 Å². The number of hydrogen-bond donors (Lipinski definition) is 0. The molecule has 0 N–H and O–H groups in total. The van der Waals surface area contributed by atoms with Crippen LogP contribution in [-0.4, -0.2) is 24.0 Å². The van der Waals surface area contributed by atoms with Crippen LogP contribution < -0.4 is 0 Å². The molecule has 11 heavy (non-hydrogen) atoms. The van der Waals surface area contributed by atoms with Crippen molar-refractivity contribution in [2.75, 3.05) is 13.1 Å². The van der Waals surface area contributed by atoms with Crippen LogP contribution in [0.1, 0.15) is 27.2 Å². The van der Waals surface area contributed by atoms with Gasteiger partial charge in [-0.05, 0) is 30.7 Å². The first-order valence-corrected chi connectivity index (χ1v) is 4.98. The molecule has 0 bridgehead atoms. The van der Waals surface area contributed by atoms with E-state index in [0.717, 1.165) is 23.8 Å². The number of hydrogen-bond acceptors (Lipinski definition) is 1. The lowest BCUT2D eigenvalue weighted by Crippen LogP contribution is -2.36. The molecule has 0 aromatic carbocycles. The Balaban J connectivity index is 2.03. The Hall–Kier alpha value is -0.0400. The van der Waals surface area contributed by atoms with Crippen LogP contribution in [0.25, 0.3) is 0 Å². The van der Waals surface area contributed by atoms with Crippen LogP contribution in [0.3, 0.4) is 0 Å². The summed E-state index contributed by atoms with van der Waals surface area (Å²) in [4.78, 5) is 2.67. The molecule has 2 fully saturated rings. The van der Waals surface area contributed by atoms with E-state index in [1.807, 2.05) is 0 Å². The number of likely N-dealkylation sites (tertiary alicyclic amines) is 1. The van der Waals surface area contributed by atoms with E-state index >= 15 is 0 Å². The summed E-state index contributed by atoms with van der Waals surface area (Å²) in [5, 5.41) is 0. The van der Waals surface area contributed by atoms with Gasteiger partial charge in [-0.25, -0.2) is 0 Å². The molecule has 0 aromatic rings. The molecule has 1 heterocycles. The van der Waals surface area contributed by atoms with Crippen molar-refractivity contribution in [3.8, 4) is 0 Å². The minimum absolute atomic E-state index is 0.868. The summed E-state index contributed by atoms with van der Waals surface area (Å²) in [7, 11) is 0. The van der Waals surface area contributed by atoms with Crippen LogP contribution in [-0.2, 0) is 0 Å². The average molecular weight is 153 g/mol. The van der Waals surface area contributed by atoms with Gasteiger partial charge >= 0.3 is 0 Å². The molecule has 1 heteroatoms. The Labute approximate surface area is 69.8 Å². The highest BCUT2D eigenvalue weighted by atomic mass is 15.2. The molecule has 0 radical (unpaired) electrons. The molecule has 1 aliphatic heterocycles. The van der Waals surface area contributed by atoms with Gasteiger partial charge < -0.3 is 0 Å². The summed E-state index contributed by atoms with van der Waals surface area (Å²) in [6, 6.07) is 0.921. The Bertz CT molecular complexity index is 153. The monoisotopic (exact) mass is 153 g/mol. The topological polar surface area (TPSA) is 3.24 Å². The smallest absolute Gasteiger partial charge is 0.0150 e. The second-order valence-corrected chi connectivity index (χ2v) is 4.48. The maximum absolute atomic E-state index is 2.67. The quantitative estimate of drug-likeness (QED) is 0.586. The summed E-state index contributed by atoms with van der Waals surface area (Å²) >= 11 is 0. The van der Waals surface area contributed by atoms with Crippen LogP contribution in [0.2, 0.25) is 0 Å². The average Bonchev–Trinajstić information content (AvgIpc) is 2.61. The summed E-state index contributed by atoms with van der Waals surface area (Å²) in [6.45, 7) is 9.68. The van der Waals surface area contributed by atoms with E-state index in [9.17, 15) is 0 Å². The van der Waals surface area contributed by atoms with Gasteiger partial charge in [0.05, 0.1) is 0 Å². The van der Waals surface area contributed by atoms with Crippen molar-refractivity contribution in [3.05, 3.63) is 0 Å². The number of nitrogens with zero attached hydrogens (tertiary/aromatic N) is 1. The maximum Gasteiger partial charge on any atom is 0.0150 e. The Morgan fingerprint density at radius 1 is 1.45 bits per heavy atom. The lowest BCUT2D eigenvalue weighted by atomic mass is 10.00. The molecule has 2 rings (SSSR count). The van der Waals surface area contributed by atoms with Crippen molar-refractivity contribution in [2.24, 2.45) is 17.8 Å². The van der Waals surface area contributed by atoms with Gasteiger partial charge in [0.2, 0.25) is 0 Å². The molecule has 1 saturated heterocycles. The molecule has 0 spiro atoms.